The number of nitrogens with zero attached hydrogens (tertiary/aromatic N) is 1. The van der Waals surface area contributed by atoms with Gasteiger partial charge in [-0.15, -0.1) is 0 Å². The number of nitrogens with one attached hydrogen (secondary N) is 2. The van der Waals surface area contributed by atoms with Crippen LogP contribution in [0.25, 0.3) is 21.8 Å². The zero-order valence-corrected chi connectivity index (χ0v) is 13.2. The molecule has 0 aliphatic carbocycles. The van der Waals surface area contributed by atoms with Crippen LogP contribution in [0.3, 0.4) is 0 Å². The number of aromatic nitrogens is 1. The van der Waals surface area contributed by atoms with Crippen molar-refractivity contribution >= 4 is 33.4 Å². The Labute approximate surface area is 130 Å². The molecule has 1 aromatic heterocycles. The van der Waals surface area contributed by atoms with Crippen molar-refractivity contribution in [2.45, 2.75) is 26.4 Å². The van der Waals surface area contributed by atoms with Gasteiger partial charge in [-0.2, -0.15) is 0 Å². The average molecular weight is 295 g/mol. The lowest BCUT2D eigenvalue weighted by Crippen LogP contribution is -2.35. The van der Waals surface area contributed by atoms with E-state index in [-0.39, 0.29) is 11.9 Å². The van der Waals surface area contributed by atoms with E-state index in [1.165, 1.54) is 21.8 Å². The lowest BCUT2D eigenvalue weighted by atomic mass is 10.1. The van der Waals surface area contributed by atoms with Gasteiger partial charge in [-0.25, -0.2) is 0 Å². The Kier molecular flexibility index (Phi) is 3.86. The van der Waals surface area contributed by atoms with Crippen molar-refractivity contribution in [3.63, 3.8) is 0 Å². The molecule has 0 spiro atoms. The second-order valence-electron chi connectivity index (χ2n) is 5.49. The van der Waals surface area contributed by atoms with Gasteiger partial charge in [0.1, 0.15) is 0 Å². The zero-order chi connectivity index (χ0) is 15.7. The number of fused-ring (bicyclic) bond motifs is 3. The van der Waals surface area contributed by atoms with Crippen LogP contribution in [0, 0.1) is 0 Å². The molecule has 1 heterocycles. The molecule has 2 aromatic carbocycles. The third-order valence-corrected chi connectivity index (χ3v) is 4.18. The number of carbonyl (C=O) groups excluding carboxylic acids is 1. The highest BCUT2D eigenvalue weighted by molar-refractivity contribution is 6.10. The van der Waals surface area contributed by atoms with Crippen LogP contribution in [0.15, 0.2) is 42.5 Å². The topological polar surface area (TPSA) is 46.1 Å². The first-order chi connectivity index (χ1) is 10.7. The largest absolute Gasteiger partial charge is 0.341 e. The van der Waals surface area contributed by atoms with Gasteiger partial charge < -0.3 is 15.2 Å². The molecule has 2 N–H and O–H groups in total. The maximum Gasteiger partial charge on any atom is 0.241 e. The molecule has 4 nitrogen and oxygen atoms in total. The minimum atomic E-state index is -0.215. The van der Waals surface area contributed by atoms with Gasteiger partial charge in [0.05, 0.1) is 6.04 Å². The van der Waals surface area contributed by atoms with Gasteiger partial charge in [-0.3, -0.25) is 4.79 Å². The fourth-order valence-corrected chi connectivity index (χ4v) is 2.85. The lowest BCUT2D eigenvalue weighted by Gasteiger charge is -2.11. The lowest BCUT2D eigenvalue weighted by molar-refractivity contribution is -0.117. The van der Waals surface area contributed by atoms with Gasteiger partial charge in [0.15, 0.2) is 0 Å². The minimum Gasteiger partial charge on any atom is -0.341 e. The fraction of sp³-hybridized carbons (Fsp3) is 0.278. The summed E-state index contributed by atoms with van der Waals surface area (Å²) in [7, 11) is 1.78. The van der Waals surface area contributed by atoms with E-state index < -0.39 is 0 Å². The smallest absolute Gasteiger partial charge is 0.241 e. The highest BCUT2D eigenvalue weighted by atomic mass is 16.2. The number of benzene rings is 2. The molecule has 0 aliphatic rings. The number of rotatable bonds is 4. The van der Waals surface area contributed by atoms with Crippen LogP contribution in [-0.4, -0.2) is 23.6 Å². The molecule has 1 amide bonds. The first-order valence-corrected chi connectivity index (χ1v) is 7.64. The van der Waals surface area contributed by atoms with Crippen molar-refractivity contribution in [3.8, 4) is 0 Å². The van der Waals surface area contributed by atoms with E-state index in [0.29, 0.717) is 0 Å². The number of para-hydroxylation sites is 1. The van der Waals surface area contributed by atoms with Gasteiger partial charge in [0, 0.05) is 34.0 Å². The van der Waals surface area contributed by atoms with E-state index >= 15 is 0 Å². The Morgan fingerprint density at radius 1 is 1.14 bits per heavy atom. The summed E-state index contributed by atoms with van der Waals surface area (Å²) in [5.41, 5.74) is 3.26. The molecule has 0 aliphatic heterocycles. The van der Waals surface area contributed by atoms with Crippen LogP contribution in [0.4, 0.5) is 5.69 Å². The normalized spacial score (nSPS) is 12.7. The summed E-state index contributed by atoms with van der Waals surface area (Å²) in [5.74, 6) is -0.0268. The van der Waals surface area contributed by atoms with Crippen LogP contribution in [0.2, 0.25) is 0 Å². The van der Waals surface area contributed by atoms with Gasteiger partial charge >= 0.3 is 0 Å². The van der Waals surface area contributed by atoms with Gasteiger partial charge in [-0.05, 0) is 45.2 Å². The van der Waals surface area contributed by atoms with Crippen molar-refractivity contribution < 1.29 is 4.79 Å². The molecule has 1 unspecified atom stereocenters. The molecule has 0 bridgehead atoms. The predicted molar refractivity (Wildman–Crippen MR) is 92.3 cm³/mol. The quantitative estimate of drug-likeness (QED) is 0.775. The Balaban J connectivity index is 2.10. The minimum absolute atomic E-state index is 0.0268. The van der Waals surface area contributed by atoms with Crippen LogP contribution in [0.5, 0.6) is 0 Å². The molecular weight excluding hydrogens is 274 g/mol. The van der Waals surface area contributed by atoms with Crippen molar-refractivity contribution in [1.82, 2.24) is 9.88 Å². The van der Waals surface area contributed by atoms with Crippen LogP contribution in [-0.2, 0) is 11.3 Å². The van der Waals surface area contributed by atoms with Gasteiger partial charge in [0.25, 0.3) is 0 Å². The third kappa shape index (κ3) is 2.35. The van der Waals surface area contributed by atoms with Crippen LogP contribution < -0.4 is 10.6 Å². The fourth-order valence-electron chi connectivity index (χ4n) is 2.85. The molecule has 3 rings (SSSR count). The highest BCUT2D eigenvalue weighted by Gasteiger charge is 2.13. The molecule has 22 heavy (non-hydrogen) atoms. The third-order valence-electron chi connectivity index (χ3n) is 4.18. The monoisotopic (exact) mass is 295 g/mol. The van der Waals surface area contributed by atoms with Crippen molar-refractivity contribution in [2.75, 3.05) is 12.4 Å². The van der Waals surface area contributed by atoms with Crippen LogP contribution >= 0.6 is 0 Å². The Morgan fingerprint density at radius 3 is 2.59 bits per heavy atom. The number of hydrogen-bond donors (Lipinski definition) is 2. The molecule has 4 heteroatoms. The molecule has 0 saturated carbocycles. The molecule has 0 fully saturated rings. The molecular formula is C18H21N3O. The summed E-state index contributed by atoms with van der Waals surface area (Å²) >= 11 is 0. The first-order valence-electron chi connectivity index (χ1n) is 7.64. The molecule has 3 aromatic rings. The van der Waals surface area contributed by atoms with Gasteiger partial charge in [-0.1, -0.05) is 18.2 Å². The summed E-state index contributed by atoms with van der Waals surface area (Å²) in [6.45, 7) is 4.92. The number of hydrogen-bond acceptors (Lipinski definition) is 2. The van der Waals surface area contributed by atoms with E-state index in [2.05, 4.69) is 58.5 Å². The van der Waals surface area contributed by atoms with Crippen molar-refractivity contribution in [1.29, 1.82) is 0 Å². The Morgan fingerprint density at radius 2 is 1.86 bits per heavy atom. The molecule has 114 valence electrons. The van der Waals surface area contributed by atoms with Crippen molar-refractivity contribution in [3.05, 3.63) is 42.5 Å². The maximum absolute atomic E-state index is 12.0. The molecule has 0 saturated heterocycles. The summed E-state index contributed by atoms with van der Waals surface area (Å²) in [6, 6.07) is 14.3. The number of aryl methyl sites for hydroxylation is 1. The van der Waals surface area contributed by atoms with Crippen LogP contribution in [0.1, 0.15) is 13.8 Å². The average Bonchev–Trinajstić information content (AvgIpc) is 2.87. The standard InChI is InChI=1S/C18H21N3O/c1-4-21-16-8-6-5-7-14(16)15-11-13(9-10-17(15)21)20-18(22)12(2)19-3/h5-12,19H,4H2,1-3H3,(H,20,22). The summed E-state index contributed by atoms with van der Waals surface area (Å²) < 4.78 is 2.30. The van der Waals surface area contributed by atoms with E-state index in [0.717, 1.165) is 12.2 Å². The summed E-state index contributed by atoms with van der Waals surface area (Å²) in [4.78, 5) is 12.0. The van der Waals surface area contributed by atoms with E-state index in [9.17, 15) is 4.79 Å². The summed E-state index contributed by atoms with van der Waals surface area (Å²) in [6.07, 6.45) is 0. The second kappa shape index (κ2) is 5.81. The van der Waals surface area contributed by atoms with E-state index in [1.54, 1.807) is 7.05 Å². The first kappa shape index (κ1) is 14.6. The second-order valence-corrected chi connectivity index (χ2v) is 5.49. The number of likely N-dealkylation sites (N-methyl/N-ethyl adjacent to an activating group) is 1. The summed E-state index contributed by atoms with van der Waals surface area (Å²) in [5, 5.41) is 8.31. The zero-order valence-electron chi connectivity index (χ0n) is 13.2. The SMILES string of the molecule is CCn1c2ccccc2c2cc(NC(=O)C(C)NC)ccc21. The highest BCUT2D eigenvalue weighted by Crippen LogP contribution is 2.30. The maximum atomic E-state index is 12.0. The molecule has 0 radical (unpaired) electrons. The Hall–Kier alpha value is -2.33. The number of anilines is 1. The molecule has 1 atom stereocenters. The van der Waals surface area contributed by atoms with Gasteiger partial charge in [0.2, 0.25) is 5.91 Å². The van der Waals surface area contributed by atoms with Crippen molar-refractivity contribution in [2.24, 2.45) is 0 Å². The Bertz CT molecular complexity index is 835. The number of carbonyl (C=O) groups is 1. The predicted octanol–water partition coefficient (Wildman–Crippen LogP) is 3.36. The number of amides is 1. The van der Waals surface area contributed by atoms with E-state index in [4.69, 9.17) is 0 Å². The van der Waals surface area contributed by atoms with E-state index in [1.807, 2.05) is 13.0 Å².